The summed E-state index contributed by atoms with van der Waals surface area (Å²) in [5.41, 5.74) is 3.08. The van der Waals surface area contributed by atoms with E-state index in [1.807, 2.05) is 0 Å². The largest absolute Gasteiger partial charge is 0.313 e. The Labute approximate surface area is 96.2 Å². The number of rotatable bonds is 4. The fourth-order valence-corrected chi connectivity index (χ4v) is 2.93. The molecule has 1 aromatic heterocycles. The monoisotopic (exact) mass is 221 g/mol. The molecule has 0 spiro atoms. The third-order valence-electron chi connectivity index (χ3n) is 3.15. The minimum atomic E-state index is 0.514. The van der Waals surface area contributed by atoms with Gasteiger partial charge in [-0.05, 0) is 61.5 Å². The van der Waals surface area contributed by atoms with Crippen LogP contribution in [0.2, 0.25) is 0 Å². The molecule has 1 atom stereocenters. The summed E-state index contributed by atoms with van der Waals surface area (Å²) in [6.45, 7) is 0. The van der Waals surface area contributed by atoms with Gasteiger partial charge in [0.15, 0.2) is 0 Å². The van der Waals surface area contributed by atoms with E-state index in [4.69, 9.17) is 0 Å². The van der Waals surface area contributed by atoms with Gasteiger partial charge in [0.2, 0.25) is 0 Å². The maximum atomic E-state index is 3.42. The van der Waals surface area contributed by atoms with Crippen LogP contribution in [-0.4, -0.2) is 7.05 Å². The summed E-state index contributed by atoms with van der Waals surface area (Å²) in [5, 5.41) is 7.83. The normalized spacial score (nSPS) is 18.6. The molecule has 1 aliphatic carbocycles. The van der Waals surface area contributed by atoms with Crippen molar-refractivity contribution < 1.29 is 0 Å². The summed E-state index contributed by atoms with van der Waals surface area (Å²) in [6.07, 6.45) is 8.99. The molecule has 0 aromatic carbocycles. The summed E-state index contributed by atoms with van der Waals surface area (Å²) in [4.78, 5) is 0. The lowest BCUT2D eigenvalue weighted by Gasteiger charge is -2.19. The number of hydrogen-bond donors (Lipinski definition) is 1. The van der Waals surface area contributed by atoms with E-state index in [0.29, 0.717) is 6.04 Å². The smallest absolute Gasteiger partial charge is 0.0363 e. The van der Waals surface area contributed by atoms with Crippen LogP contribution in [0.15, 0.2) is 28.5 Å². The molecule has 0 aliphatic heterocycles. The standard InChI is InChI=1S/C13H19NS/c1-14-13(12-7-8-15-10-12)9-11-5-3-2-4-6-11/h5,7-8,10,13-14H,2-4,6,9H2,1H3. The van der Waals surface area contributed by atoms with Gasteiger partial charge in [-0.15, -0.1) is 0 Å². The highest BCUT2D eigenvalue weighted by Crippen LogP contribution is 2.28. The van der Waals surface area contributed by atoms with Crippen molar-refractivity contribution in [1.29, 1.82) is 0 Å². The molecule has 1 heterocycles. The predicted octanol–water partition coefficient (Wildman–Crippen LogP) is 3.90. The zero-order valence-corrected chi connectivity index (χ0v) is 10.1. The second-order valence-corrected chi connectivity index (χ2v) is 4.99. The highest BCUT2D eigenvalue weighted by molar-refractivity contribution is 7.07. The molecule has 82 valence electrons. The Morgan fingerprint density at radius 3 is 3.00 bits per heavy atom. The van der Waals surface area contributed by atoms with E-state index in [9.17, 15) is 0 Å². The zero-order valence-electron chi connectivity index (χ0n) is 9.33. The van der Waals surface area contributed by atoms with Crippen molar-refractivity contribution in [3.63, 3.8) is 0 Å². The Kier molecular flexibility index (Phi) is 3.98. The first kappa shape index (κ1) is 10.9. The summed E-state index contributed by atoms with van der Waals surface area (Å²) >= 11 is 1.79. The molecule has 0 radical (unpaired) electrons. The van der Waals surface area contributed by atoms with Crippen LogP contribution in [0, 0.1) is 0 Å². The van der Waals surface area contributed by atoms with Gasteiger partial charge in [0, 0.05) is 6.04 Å². The van der Waals surface area contributed by atoms with Crippen LogP contribution in [-0.2, 0) is 0 Å². The molecule has 2 rings (SSSR count). The molecular weight excluding hydrogens is 202 g/mol. The van der Waals surface area contributed by atoms with E-state index in [1.165, 1.54) is 37.7 Å². The van der Waals surface area contributed by atoms with Gasteiger partial charge in [0.25, 0.3) is 0 Å². The van der Waals surface area contributed by atoms with Crippen molar-refractivity contribution >= 4 is 11.3 Å². The van der Waals surface area contributed by atoms with Crippen LogP contribution in [0.1, 0.15) is 43.7 Å². The van der Waals surface area contributed by atoms with Crippen LogP contribution in [0.3, 0.4) is 0 Å². The van der Waals surface area contributed by atoms with Crippen molar-refractivity contribution in [2.75, 3.05) is 7.05 Å². The quantitative estimate of drug-likeness (QED) is 0.760. The van der Waals surface area contributed by atoms with Crippen LogP contribution >= 0.6 is 11.3 Å². The number of thiophene rings is 1. The van der Waals surface area contributed by atoms with Gasteiger partial charge >= 0.3 is 0 Å². The molecular formula is C13H19NS. The fourth-order valence-electron chi connectivity index (χ4n) is 2.21. The molecule has 0 saturated carbocycles. The SMILES string of the molecule is CNC(CC1=CCCCC1)c1ccsc1. The van der Waals surface area contributed by atoms with Gasteiger partial charge in [-0.25, -0.2) is 0 Å². The van der Waals surface area contributed by atoms with E-state index >= 15 is 0 Å². The van der Waals surface area contributed by atoms with E-state index in [2.05, 4.69) is 35.3 Å². The first-order valence-electron chi connectivity index (χ1n) is 5.77. The van der Waals surface area contributed by atoms with Gasteiger partial charge in [-0.1, -0.05) is 11.6 Å². The van der Waals surface area contributed by atoms with E-state index in [-0.39, 0.29) is 0 Å². The van der Waals surface area contributed by atoms with Gasteiger partial charge in [0.05, 0.1) is 0 Å². The topological polar surface area (TPSA) is 12.0 Å². The zero-order chi connectivity index (χ0) is 10.5. The average molecular weight is 221 g/mol. The Morgan fingerprint density at radius 1 is 1.47 bits per heavy atom. The Balaban J connectivity index is 1.99. The maximum Gasteiger partial charge on any atom is 0.0363 e. The van der Waals surface area contributed by atoms with Crippen LogP contribution in [0.5, 0.6) is 0 Å². The summed E-state index contributed by atoms with van der Waals surface area (Å²) < 4.78 is 0. The molecule has 1 N–H and O–H groups in total. The molecule has 1 aromatic rings. The lowest BCUT2D eigenvalue weighted by Crippen LogP contribution is -2.16. The lowest BCUT2D eigenvalue weighted by molar-refractivity contribution is 0.560. The molecule has 0 bridgehead atoms. The van der Waals surface area contributed by atoms with Crippen molar-refractivity contribution in [3.05, 3.63) is 34.0 Å². The molecule has 0 saturated heterocycles. The number of nitrogens with one attached hydrogen (secondary N) is 1. The minimum absolute atomic E-state index is 0.514. The van der Waals surface area contributed by atoms with E-state index in [0.717, 1.165) is 0 Å². The minimum Gasteiger partial charge on any atom is -0.313 e. The summed E-state index contributed by atoms with van der Waals surface area (Å²) in [5.74, 6) is 0. The van der Waals surface area contributed by atoms with Crippen molar-refractivity contribution in [3.8, 4) is 0 Å². The summed E-state index contributed by atoms with van der Waals surface area (Å²) in [6, 6.07) is 2.75. The second kappa shape index (κ2) is 5.47. The van der Waals surface area contributed by atoms with Crippen molar-refractivity contribution in [1.82, 2.24) is 5.32 Å². The Hall–Kier alpha value is -0.600. The highest BCUT2D eigenvalue weighted by atomic mass is 32.1. The third kappa shape index (κ3) is 2.93. The maximum absolute atomic E-state index is 3.42. The average Bonchev–Trinajstić information content (AvgIpc) is 2.81. The van der Waals surface area contributed by atoms with E-state index < -0.39 is 0 Å². The van der Waals surface area contributed by atoms with Gasteiger partial charge < -0.3 is 5.32 Å². The molecule has 0 fully saturated rings. The molecule has 1 unspecified atom stereocenters. The molecule has 15 heavy (non-hydrogen) atoms. The first-order chi connectivity index (χ1) is 7.40. The number of allylic oxidation sites excluding steroid dienone is 1. The Bertz CT molecular complexity index is 313. The molecule has 2 heteroatoms. The molecule has 1 nitrogen and oxygen atoms in total. The highest BCUT2D eigenvalue weighted by Gasteiger charge is 2.13. The van der Waals surface area contributed by atoms with Crippen molar-refractivity contribution in [2.45, 2.75) is 38.1 Å². The van der Waals surface area contributed by atoms with Gasteiger partial charge in [0.1, 0.15) is 0 Å². The van der Waals surface area contributed by atoms with Gasteiger partial charge in [-0.3, -0.25) is 0 Å². The molecule has 0 amide bonds. The molecule has 1 aliphatic rings. The number of hydrogen-bond acceptors (Lipinski definition) is 2. The van der Waals surface area contributed by atoms with Gasteiger partial charge in [-0.2, -0.15) is 11.3 Å². The van der Waals surface area contributed by atoms with E-state index in [1.54, 1.807) is 16.9 Å². The predicted molar refractivity (Wildman–Crippen MR) is 67.3 cm³/mol. The first-order valence-corrected chi connectivity index (χ1v) is 6.71. The third-order valence-corrected chi connectivity index (χ3v) is 3.85. The summed E-state index contributed by atoms with van der Waals surface area (Å²) in [7, 11) is 2.06. The van der Waals surface area contributed by atoms with Crippen molar-refractivity contribution in [2.24, 2.45) is 0 Å². The lowest BCUT2D eigenvalue weighted by atomic mass is 9.92. The fraction of sp³-hybridized carbons (Fsp3) is 0.538. The van der Waals surface area contributed by atoms with Crippen LogP contribution in [0.4, 0.5) is 0 Å². The van der Waals surface area contributed by atoms with Crippen LogP contribution in [0.25, 0.3) is 0 Å². The second-order valence-electron chi connectivity index (χ2n) is 4.21. The Morgan fingerprint density at radius 2 is 2.40 bits per heavy atom. The van der Waals surface area contributed by atoms with Crippen LogP contribution < -0.4 is 5.32 Å².